The Hall–Kier alpha value is -1.30. The lowest BCUT2D eigenvalue weighted by Crippen LogP contribution is -2.54. The molecule has 0 saturated carbocycles. The van der Waals surface area contributed by atoms with Crippen LogP contribution in [0.4, 0.5) is 0 Å². The summed E-state index contributed by atoms with van der Waals surface area (Å²) in [6, 6.07) is 5.74. The summed E-state index contributed by atoms with van der Waals surface area (Å²) < 4.78 is 5.42. The Labute approximate surface area is 148 Å². The second kappa shape index (κ2) is 8.19. The Morgan fingerprint density at radius 2 is 2.08 bits per heavy atom. The summed E-state index contributed by atoms with van der Waals surface area (Å²) in [6.07, 6.45) is 3.30. The fraction of sp³-hybridized carbons (Fsp3) is 0.611. The number of piperidine rings is 1. The number of rotatable bonds is 4. The normalized spacial score (nSPS) is 22.4. The van der Waals surface area contributed by atoms with Crippen molar-refractivity contribution in [3.05, 3.63) is 28.8 Å². The molecule has 0 spiro atoms. The maximum absolute atomic E-state index is 12.6. The number of nitrogens with one attached hydrogen (secondary N) is 1. The first-order valence-corrected chi connectivity index (χ1v) is 9.12. The van der Waals surface area contributed by atoms with E-state index in [9.17, 15) is 4.79 Å². The van der Waals surface area contributed by atoms with E-state index >= 15 is 0 Å². The van der Waals surface area contributed by atoms with Crippen LogP contribution in [-0.4, -0.2) is 61.6 Å². The largest absolute Gasteiger partial charge is 0.496 e. The minimum absolute atomic E-state index is 0.0262. The zero-order valence-electron chi connectivity index (χ0n) is 14.3. The van der Waals surface area contributed by atoms with Gasteiger partial charge in [-0.15, -0.1) is 0 Å². The Balaban J connectivity index is 1.53. The number of benzene rings is 1. The fourth-order valence-corrected chi connectivity index (χ4v) is 3.72. The van der Waals surface area contributed by atoms with Crippen LogP contribution in [0, 0.1) is 0 Å². The predicted molar refractivity (Wildman–Crippen MR) is 95.5 cm³/mol. The number of halogens is 1. The molecule has 1 N–H and O–H groups in total. The van der Waals surface area contributed by atoms with Crippen LogP contribution in [0.25, 0.3) is 0 Å². The SMILES string of the molecule is COc1ccc(Cl)cc1CN1CCN(C(=O)[C@H]2CCCCN2)CC1. The summed E-state index contributed by atoms with van der Waals surface area (Å²) >= 11 is 6.11. The van der Waals surface area contributed by atoms with Gasteiger partial charge >= 0.3 is 0 Å². The molecule has 0 radical (unpaired) electrons. The molecule has 2 aliphatic rings. The van der Waals surface area contributed by atoms with E-state index in [1.165, 1.54) is 6.42 Å². The molecule has 0 unspecified atom stereocenters. The minimum atomic E-state index is 0.0262. The van der Waals surface area contributed by atoms with Crippen molar-refractivity contribution in [1.29, 1.82) is 0 Å². The molecule has 6 heteroatoms. The molecule has 0 aliphatic carbocycles. The van der Waals surface area contributed by atoms with E-state index in [0.29, 0.717) is 0 Å². The number of hydrogen-bond acceptors (Lipinski definition) is 4. The highest BCUT2D eigenvalue weighted by Crippen LogP contribution is 2.24. The molecule has 0 bridgehead atoms. The standard InChI is InChI=1S/C18H26ClN3O2/c1-24-17-6-5-15(19)12-14(17)13-21-8-10-22(11-9-21)18(23)16-4-2-3-7-20-16/h5-6,12,16,20H,2-4,7-11,13H2,1H3/t16-/m1/s1. The van der Waals surface area contributed by atoms with Gasteiger partial charge in [-0.05, 0) is 37.6 Å². The summed E-state index contributed by atoms with van der Waals surface area (Å²) in [4.78, 5) is 16.9. The smallest absolute Gasteiger partial charge is 0.239 e. The summed E-state index contributed by atoms with van der Waals surface area (Å²) in [6.45, 7) is 5.11. The molecule has 3 rings (SSSR count). The van der Waals surface area contributed by atoms with E-state index in [4.69, 9.17) is 16.3 Å². The number of nitrogens with zero attached hydrogens (tertiary/aromatic N) is 2. The number of methoxy groups -OCH3 is 1. The first kappa shape index (κ1) is 17.5. The predicted octanol–water partition coefficient (Wildman–Crippen LogP) is 2.13. The summed E-state index contributed by atoms with van der Waals surface area (Å²) in [5.41, 5.74) is 1.10. The van der Waals surface area contributed by atoms with Crippen LogP contribution < -0.4 is 10.1 Å². The quantitative estimate of drug-likeness (QED) is 0.902. The van der Waals surface area contributed by atoms with E-state index in [0.717, 1.165) is 68.4 Å². The van der Waals surface area contributed by atoms with E-state index in [2.05, 4.69) is 10.2 Å². The highest BCUT2D eigenvalue weighted by molar-refractivity contribution is 6.30. The van der Waals surface area contributed by atoms with Crippen molar-refractivity contribution in [2.45, 2.75) is 31.8 Å². The second-order valence-electron chi connectivity index (χ2n) is 6.56. The Morgan fingerprint density at radius 3 is 2.75 bits per heavy atom. The van der Waals surface area contributed by atoms with Gasteiger partial charge in [-0.25, -0.2) is 0 Å². The molecule has 0 aromatic heterocycles. The Bertz CT molecular complexity index is 567. The Morgan fingerprint density at radius 1 is 1.29 bits per heavy atom. The minimum Gasteiger partial charge on any atom is -0.496 e. The second-order valence-corrected chi connectivity index (χ2v) is 7.00. The molecular weight excluding hydrogens is 326 g/mol. The van der Waals surface area contributed by atoms with Crippen molar-refractivity contribution in [2.24, 2.45) is 0 Å². The molecular formula is C18H26ClN3O2. The highest BCUT2D eigenvalue weighted by Gasteiger charge is 2.28. The van der Waals surface area contributed by atoms with Gasteiger partial charge in [-0.1, -0.05) is 18.0 Å². The summed E-state index contributed by atoms with van der Waals surface area (Å²) in [5.74, 6) is 1.14. The van der Waals surface area contributed by atoms with Gasteiger partial charge in [0.25, 0.3) is 0 Å². The van der Waals surface area contributed by atoms with E-state index in [1.54, 1.807) is 7.11 Å². The molecule has 1 aromatic carbocycles. The zero-order valence-corrected chi connectivity index (χ0v) is 15.0. The van der Waals surface area contributed by atoms with Crippen LogP contribution in [0.15, 0.2) is 18.2 Å². The van der Waals surface area contributed by atoms with Crippen molar-refractivity contribution in [3.63, 3.8) is 0 Å². The molecule has 1 atom stereocenters. The van der Waals surface area contributed by atoms with Gasteiger partial charge in [0.1, 0.15) is 5.75 Å². The van der Waals surface area contributed by atoms with Crippen molar-refractivity contribution >= 4 is 17.5 Å². The van der Waals surface area contributed by atoms with Gasteiger partial charge in [0, 0.05) is 43.3 Å². The molecule has 2 saturated heterocycles. The maximum Gasteiger partial charge on any atom is 0.239 e. The van der Waals surface area contributed by atoms with Gasteiger partial charge in [0.05, 0.1) is 13.2 Å². The van der Waals surface area contributed by atoms with Gasteiger partial charge in [0.15, 0.2) is 0 Å². The van der Waals surface area contributed by atoms with Gasteiger partial charge in [-0.2, -0.15) is 0 Å². The van der Waals surface area contributed by atoms with Crippen LogP contribution in [-0.2, 0) is 11.3 Å². The average Bonchev–Trinajstić information content (AvgIpc) is 2.63. The van der Waals surface area contributed by atoms with Crippen LogP contribution in [0.1, 0.15) is 24.8 Å². The van der Waals surface area contributed by atoms with E-state index in [-0.39, 0.29) is 11.9 Å². The molecule has 1 aromatic rings. The highest BCUT2D eigenvalue weighted by atomic mass is 35.5. The van der Waals surface area contributed by atoms with Crippen molar-refractivity contribution < 1.29 is 9.53 Å². The molecule has 24 heavy (non-hydrogen) atoms. The zero-order chi connectivity index (χ0) is 16.9. The molecule has 2 heterocycles. The molecule has 2 aliphatic heterocycles. The number of ether oxygens (including phenoxy) is 1. The number of carbonyl (C=O) groups excluding carboxylic acids is 1. The van der Waals surface area contributed by atoms with Crippen molar-refractivity contribution in [2.75, 3.05) is 39.8 Å². The third-order valence-corrected chi connectivity index (χ3v) is 5.16. The van der Waals surface area contributed by atoms with Crippen LogP contribution in [0.2, 0.25) is 5.02 Å². The third-order valence-electron chi connectivity index (χ3n) is 4.93. The number of hydrogen-bond donors (Lipinski definition) is 1. The third kappa shape index (κ3) is 4.21. The van der Waals surface area contributed by atoms with Crippen molar-refractivity contribution in [1.82, 2.24) is 15.1 Å². The van der Waals surface area contributed by atoms with E-state index < -0.39 is 0 Å². The van der Waals surface area contributed by atoms with E-state index in [1.807, 2.05) is 23.1 Å². The summed E-state index contributed by atoms with van der Waals surface area (Å²) in [5, 5.41) is 4.08. The van der Waals surface area contributed by atoms with Gasteiger partial charge < -0.3 is 15.0 Å². The fourth-order valence-electron chi connectivity index (χ4n) is 3.52. The summed E-state index contributed by atoms with van der Waals surface area (Å²) in [7, 11) is 1.68. The first-order valence-electron chi connectivity index (χ1n) is 8.74. The van der Waals surface area contributed by atoms with Crippen LogP contribution >= 0.6 is 11.6 Å². The van der Waals surface area contributed by atoms with Crippen LogP contribution in [0.5, 0.6) is 5.75 Å². The lowest BCUT2D eigenvalue weighted by molar-refractivity contribution is -0.135. The Kier molecular flexibility index (Phi) is 5.98. The molecule has 5 nitrogen and oxygen atoms in total. The topological polar surface area (TPSA) is 44.8 Å². The number of carbonyl (C=O) groups is 1. The van der Waals surface area contributed by atoms with Crippen molar-refractivity contribution in [3.8, 4) is 5.75 Å². The van der Waals surface area contributed by atoms with Crippen LogP contribution in [0.3, 0.4) is 0 Å². The molecule has 132 valence electrons. The maximum atomic E-state index is 12.6. The lowest BCUT2D eigenvalue weighted by atomic mass is 10.0. The average molecular weight is 352 g/mol. The molecule has 1 amide bonds. The molecule has 2 fully saturated rings. The number of piperazine rings is 1. The lowest BCUT2D eigenvalue weighted by Gasteiger charge is -2.37. The van der Waals surface area contributed by atoms with Gasteiger partial charge in [-0.3, -0.25) is 9.69 Å². The number of amides is 1. The first-order chi connectivity index (χ1) is 11.7. The monoisotopic (exact) mass is 351 g/mol. The van der Waals surface area contributed by atoms with Gasteiger partial charge in [0.2, 0.25) is 5.91 Å².